The highest BCUT2D eigenvalue weighted by molar-refractivity contribution is 7.99. The smallest absolute Gasteiger partial charge is 0.256 e. The molecule has 0 aliphatic carbocycles. The van der Waals surface area contributed by atoms with Crippen molar-refractivity contribution in [1.29, 1.82) is 0 Å². The van der Waals surface area contributed by atoms with Gasteiger partial charge in [-0.05, 0) is 43.2 Å². The van der Waals surface area contributed by atoms with Crippen LogP contribution in [0.25, 0.3) is 0 Å². The summed E-state index contributed by atoms with van der Waals surface area (Å²) in [6.45, 7) is 5.87. The van der Waals surface area contributed by atoms with E-state index in [1.54, 1.807) is 12.1 Å². The summed E-state index contributed by atoms with van der Waals surface area (Å²) < 4.78 is 13.1. The number of carbonyl (C=O) groups is 1. The second-order valence-electron chi connectivity index (χ2n) is 8.04. The molecule has 6 nitrogen and oxygen atoms in total. The summed E-state index contributed by atoms with van der Waals surface area (Å²) in [4.78, 5) is 34.5. The SMILES string of the molecule is Cc1ccc(NC(=O)CSc2nc3c(c(=O)[nH]2)CN(Cc2ccc(F)cc2)CC3)c(C)c1. The zero-order valence-corrected chi connectivity index (χ0v) is 18.9. The first-order valence-corrected chi connectivity index (χ1v) is 11.4. The number of halogens is 1. The van der Waals surface area contributed by atoms with Crippen molar-refractivity contribution in [3.63, 3.8) is 0 Å². The maximum absolute atomic E-state index is 13.1. The number of fused-ring (bicyclic) bond motifs is 1. The highest BCUT2D eigenvalue weighted by atomic mass is 32.2. The minimum atomic E-state index is -0.258. The molecule has 2 heterocycles. The monoisotopic (exact) mass is 452 g/mol. The van der Waals surface area contributed by atoms with Crippen LogP contribution < -0.4 is 10.9 Å². The maximum Gasteiger partial charge on any atom is 0.256 e. The third kappa shape index (κ3) is 5.44. The highest BCUT2D eigenvalue weighted by Gasteiger charge is 2.21. The van der Waals surface area contributed by atoms with Gasteiger partial charge in [-0.15, -0.1) is 0 Å². The number of thioether (sulfide) groups is 1. The van der Waals surface area contributed by atoms with Gasteiger partial charge in [0.2, 0.25) is 5.91 Å². The molecule has 0 atom stereocenters. The quantitative estimate of drug-likeness (QED) is 0.439. The number of carbonyl (C=O) groups excluding carboxylic acids is 1. The van der Waals surface area contributed by atoms with Crippen molar-refractivity contribution in [2.75, 3.05) is 17.6 Å². The fraction of sp³-hybridized carbons (Fsp3) is 0.292. The number of aromatic amines is 1. The first kappa shape index (κ1) is 22.2. The van der Waals surface area contributed by atoms with Gasteiger partial charge in [0.15, 0.2) is 5.16 Å². The summed E-state index contributed by atoms with van der Waals surface area (Å²) in [6.07, 6.45) is 0.656. The summed E-state index contributed by atoms with van der Waals surface area (Å²) in [5.41, 5.74) is 5.20. The van der Waals surface area contributed by atoms with Crippen LogP contribution in [0.1, 0.15) is 27.9 Å². The number of amides is 1. The lowest BCUT2D eigenvalue weighted by Crippen LogP contribution is -2.35. The highest BCUT2D eigenvalue weighted by Crippen LogP contribution is 2.21. The average molecular weight is 453 g/mol. The minimum Gasteiger partial charge on any atom is -0.325 e. The summed E-state index contributed by atoms with van der Waals surface area (Å²) in [5.74, 6) is -0.245. The molecule has 0 bridgehead atoms. The first-order valence-electron chi connectivity index (χ1n) is 10.5. The molecule has 0 spiro atoms. The molecule has 0 saturated heterocycles. The third-order valence-corrected chi connectivity index (χ3v) is 6.31. The van der Waals surface area contributed by atoms with Crippen LogP contribution in [-0.2, 0) is 24.3 Å². The number of hydrogen-bond donors (Lipinski definition) is 2. The van der Waals surface area contributed by atoms with Crippen molar-refractivity contribution < 1.29 is 9.18 Å². The van der Waals surface area contributed by atoms with Crippen molar-refractivity contribution in [2.24, 2.45) is 0 Å². The van der Waals surface area contributed by atoms with Crippen LogP contribution in [0.15, 0.2) is 52.4 Å². The number of aromatic nitrogens is 2. The Morgan fingerprint density at radius 2 is 2.00 bits per heavy atom. The Kier molecular flexibility index (Phi) is 6.72. The van der Waals surface area contributed by atoms with Gasteiger partial charge in [-0.2, -0.15) is 0 Å². The van der Waals surface area contributed by atoms with E-state index in [9.17, 15) is 14.0 Å². The predicted octanol–water partition coefficient (Wildman–Crippen LogP) is 3.81. The van der Waals surface area contributed by atoms with E-state index in [1.807, 2.05) is 32.0 Å². The van der Waals surface area contributed by atoms with Crippen molar-refractivity contribution in [1.82, 2.24) is 14.9 Å². The lowest BCUT2D eigenvalue weighted by atomic mass is 10.1. The van der Waals surface area contributed by atoms with Gasteiger partial charge in [0.05, 0.1) is 17.0 Å². The summed E-state index contributed by atoms with van der Waals surface area (Å²) >= 11 is 1.22. The zero-order valence-electron chi connectivity index (χ0n) is 18.1. The first-order chi connectivity index (χ1) is 15.4. The second kappa shape index (κ2) is 9.67. The molecule has 32 heavy (non-hydrogen) atoms. The Bertz CT molecular complexity index is 1190. The number of nitrogens with one attached hydrogen (secondary N) is 2. The van der Waals surface area contributed by atoms with E-state index in [4.69, 9.17) is 0 Å². The van der Waals surface area contributed by atoms with Gasteiger partial charge in [0, 0.05) is 31.7 Å². The Balaban J connectivity index is 1.37. The Morgan fingerprint density at radius 3 is 2.75 bits per heavy atom. The molecule has 166 valence electrons. The van der Waals surface area contributed by atoms with E-state index in [2.05, 4.69) is 20.2 Å². The van der Waals surface area contributed by atoms with Gasteiger partial charge in [-0.3, -0.25) is 14.5 Å². The van der Waals surface area contributed by atoms with Crippen molar-refractivity contribution in [3.8, 4) is 0 Å². The van der Waals surface area contributed by atoms with E-state index in [-0.39, 0.29) is 23.0 Å². The average Bonchev–Trinajstić information content (AvgIpc) is 2.76. The standard InChI is InChI=1S/C24H25FN4O2S/c1-15-3-8-20(16(2)11-15)26-22(30)14-32-24-27-21-9-10-29(13-19(21)23(31)28-24)12-17-4-6-18(25)7-5-17/h3-8,11H,9-10,12-14H2,1-2H3,(H,26,30)(H,27,28,31). The lowest BCUT2D eigenvalue weighted by Gasteiger charge is -2.27. The van der Waals surface area contributed by atoms with E-state index >= 15 is 0 Å². The van der Waals surface area contributed by atoms with Crippen LogP contribution >= 0.6 is 11.8 Å². The predicted molar refractivity (Wildman–Crippen MR) is 124 cm³/mol. The topological polar surface area (TPSA) is 78.1 Å². The maximum atomic E-state index is 13.1. The van der Waals surface area contributed by atoms with Crippen LogP contribution in [0.5, 0.6) is 0 Å². The van der Waals surface area contributed by atoms with E-state index in [1.165, 1.54) is 23.9 Å². The molecule has 2 N–H and O–H groups in total. The summed E-state index contributed by atoms with van der Waals surface area (Å²) in [7, 11) is 0. The van der Waals surface area contributed by atoms with Crippen molar-refractivity contribution in [2.45, 2.75) is 38.5 Å². The van der Waals surface area contributed by atoms with Crippen molar-refractivity contribution >= 4 is 23.4 Å². The fourth-order valence-electron chi connectivity index (χ4n) is 3.78. The zero-order chi connectivity index (χ0) is 22.7. The number of nitrogens with zero attached hydrogens (tertiary/aromatic N) is 2. The third-order valence-electron chi connectivity index (χ3n) is 5.44. The minimum absolute atomic E-state index is 0.146. The van der Waals surface area contributed by atoms with Gasteiger partial charge in [0.25, 0.3) is 5.56 Å². The van der Waals surface area contributed by atoms with Gasteiger partial charge < -0.3 is 10.3 Å². The lowest BCUT2D eigenvalue weighted by molar-refractivity contribution is -0.113. The molecule has 1 aliphatic rings. The van der Waals surface area contributed by atoms with Gasteiger partial charge in [-0.1, -0.05) is 41.6 Å². The van der Waals surface area contributed by atoms with E-state index < -0.39 is 0 Å². The molecule has 4 rings (SSSR count). The molecular weight excluding hydrogens is 427 g/mol. The molecule has 0 fully saturated rings. The molecule has 1 aliphatic heterocycles. The Hall–Kier alpha value is -2.97. The molecule has 0 unspecified atom stereocenters. The fourth-order valence-corrected chi connectivity index (χ4v) is 4.46. The number of aryl methyl sites for hydroxylation is 2. The second-order valence-corrected chi connectivity index (χ2v) is 9.00. The van der Waals surface area contributed by atoms with Crippen LogP contribution in [0.3, 0.4) is 0 Å². The molecule has 1 aromatic heterocycles. The number of benzene rings is 2. The number of H-pyrrole nitrogens is 1. The number of hydrogen-bond acceptors (Lipinski definition) is 5. The molecular formula is C24H25FN4O2S. The molecule has 2 aromatic carbocycles. The summed E-state index contributed by atoms with van der Waals surface area (Å²) in [6, 6.07) is 12.3. The van der Waals surface area contributed by atoms with Crippen LogP contribution in [0.2, 0.25) is 0 Å². The van der Waals surface area contributed by atoms with E-state index in [0.29, 0.717) is 30.2 Å². The van der Waals surface area contributed by atoms with Crippen LogP contribution in [-0.4, -0.2) is 33.1 Å². The molecule has 0 radical (unpaired) electrons. The van der Waals surface area contributed by atoms with Crippen molar-refractivity contribution in [3.05, 3.63) is 86.6 Å². The Labute approximate surface area is 190 Å². The van der Waals surface area contributed by atoms with Gasteiger partial charge in [0.1, 0.15) is 5.82 Å². The normalized spacial score (nSPS) is 13.6. The number of anilines is 1. The van der Waals surface area contributed by atoms with Gasteiger partial charge >= 0.3 is 0 Å². The molecule has 8 heteroatoms. The summed E-state index contributed by atoms with van der Waals surface area (Å²) in [5, 5.41) is 3.36. The molecule has 1 amide bonds. The van der Waals surface area contributed by atoms with Crippen LogP contribution in [0.4, 0.5) is 10.1 Å². The Morgan fingerprint density at radius 1 is 1.22 bits per heavy atom. The van der Waals surface area contributed by atoms with Gasteiger partial charge in [-0.25, -0.2) is 9.37 Å². The largest absolute Gasteiger partial charge is 0.325 e. The van der Waals surface area contributed by atoms with E-state index in [0.717, 1.165) is 34.6 Å². The molecule has 0 saturated carbocycles. The number of rotatable bonds is 6. The molecule has 3 aromatic rings. The van der Waals surface area contributed by atoms with Crippen LogP contribution in [0, 0.1) is 19.7 Å².